The van der Waals surface area contributed by atoms with Gasteiger partial charge in [-0.3, -0.25) is 9.59 Å². The van der Waals surface area contributed by atoms with Crippen molar-refractivity contribution < 1.29 is 14.3 Å². The van der Waals surface area contributed by atoms with E-state index >= 15 is 0 Å². The summed E-state index contributed by atoms with van der Waals surface area (Å²) in [4.78, 5) is 28.3. The summed E-state index contributed by atoms with van der Waals surface area (Å²) in [5.41, 5.74) is 4.54. The number of nitrogens with one attached hydrogen (secondary N) is 1. The number of imide groups is 1. The Bertz CT molecular complexity index is 1180. The minimum absolute atomic E-state index is 0.243. The first-order chi connectivity index (χ1) is 15.0. The van der Waals surface area contributed by atoms with Gasteiger partial charge in [-0.2, -0.15) is 0 Å². The molecule has 1 aliphatic heterocycles. The van der Waals surface area contributed by atoms with E-state index < -0.39 is 5.91 Å². The van der Waals surface area contributed by atoms with Gasteiger partial charge in [-0.25, -0.2) is 4.90 Å². The second-order valence-corrected chi connectivity index (χ2v) is 7.40. The Morgan fingerprint density at radius 2 is 1.58 bits per heavy atom. The maximum absolute atomic E-state index is 13.5. The third kappa shape index (κ3) is 3.82. The fourth-order valence-corrected chi connectivity index (χ4v) is 3.79. The second kappa shape index (κ2) is 8.48. The van der Waals surface area contributed by atoms with E-state index in [1.54, 1.807) is 12.1 Å². The lowest BCUT2D eigenvalue weighted by Crippen LogP contribution is -2.32. The summed E-state index contributed by atoms with van der Waals surface area (Å²) < 4.78 is 5.71. The van der Waals surface area contributed by atoms with E-state index in [0.717, 1.165) is 16.7 Å². The Labute approximate surface area is 182 Å². The molecule has 0 aliphatic carbocycles. The zero-order valence-corrected chi connectivity index (χ0v) is 17.8. The number of carbonyl (C=O) groups excluding carboxylic acids is 2. The molecule has 0 saturated carbocycles. The highest BCUT2D eigenvalue weighted by Gasteiger charge is 2.40. The van der Waals surface area contributed by atoms with Crippen LogP contribution >= 0.6 is 0 Å². The van der Waals surface area contributed by atoms with E-state index in [-0.39, 0.29) is 11.6 Å². The van der Waals surface area contributed by atoms with Gasteiger partial charge in [0, 0.05) is 0 Å². The molecular formula is C26H24N2O3. The number of rotatable bonds is 6. The van der Waals surface area contributed by atoms with Crippen molar-refractivity contribution in [2.75, 3.05) is 16.8 Å². The minimum atomic E-state index is -0.391. The predicted octanol–water partition coefficient (Wildman–Crippen LogP) is 5.10. The maximum atomic E-state index is 13.5. The van der Waals surface area contributed by atoms with Crippen molar-refractivity contribution in [3.05, 3.63) is 95.2 Å². The van der Waals surface area contributed by atoms with Gasteiger partial charge in [-0.1, -0.05) is 54.1 Å². The summed E-state index contributed by atoms with van der Waals surface area (Å²) in [5, 5.41) is 3.21. The molecule has 0 unspecified atom stereocenters. The number of benzene rings is 3. The fraction of sp³-hybridized carbons (Fsp3) is 0.154. The van der Waals surface area contributed by atoms with Crippen LogP contribution in [0.5, 0.6) is 5.75 Å². The van der Waals surface area contributed by atoms with Crippen LogP contribution in [0, 0.1) is 13.8 Å². The molecule has 1 heterocycles. The number of anilines is 2. The van der Waals surface area contributed by atoms with Crippen LogP contribution in [-0.4, -0.2) is 18.4 Å². The van der Waals surface area contributed by atoms with Crippen molar-refractivity contribution in [1.82, 2.24) is 0 Å². The number of amides is 2. The molecule has 5 heteroatoms. The molecule has 0 aromatic heterocycles. The van der Waals surface area contributed by atoms with Gasteiger partial charge in [0.1, 0.15) is 11.4 Å². The van der Waals surface area contributed by atoms with Gasteiger partial charge >= 0.3 is 0 Å². The smallest absolute Gasteiger partial charge is 0.282 e. The lowest BCUT2D eigenvalue weighted by atomic mass is 9.97. The molecule has 0 bridgehead atoms. The fourth-order valence-electron chi connectivity index (χ4n) is 3.79. The zero-order chi connectivity index (χ0) is 22.0. The molecule has 4 rings (SSSR count). The Balaban J connectivity index is 1.86. The first-order valence-corrected chi connectivity index (χ1v) is 10.3. The third-order valence-electron chi connectivity index (χ3n) is 5.20. The average Bonchev–Trinajstić information content (AvgIpc) is 3.00. The van der Waals surface area contributed by atoms with Gasteiger partial charge in [0.15, 0.2) is 0 Å². The largest absolute Gasteiger partial charge is 0.492 e. The normalized spacial score (nSPS) is 13.7. The third-order valence-corrected chi connectivity index (χ3v) is 5.20. The molecule has 5 nitrogen and oxygen atoms in total. The van der Waals surface area contributed by atoms with Crippen LogP contribution in [0.25, 0.3) is 5.57 Å². The van der Waals surface area contributed by atoms with Crippen LogP contribution in [0.3, 0.4) is 0 Å². The van der Waals surface area contributed by atoms with Crippen molar-refractivity contribution in [3.8, 4) is 5.75 Å². The van der Waals surface area contributed by atoms with Gasteiger partial charge < -0.3 is 10.1 Å². The molecular weight excluding hydrogens is 388 g/mol. The standard InChI is InChI=1S/C26H24N2O3/c1-4-31-22-13-9-8-12-21(22)27-24-23(20-15-14-17(2)16-18(20)3)25(29)28(26(24)30)19-10-6-5-7-11-19/h5-16,27H,4H2,1-3H3. The number of para-hydroxylation sites is 3. The summed E-state index contributed by atoms with van der Waals surface area (Å²) >= 11 is 0. The van der Waals surface area contributed by atoms with Gasteiger partial charge in [0.25, 0.3) is 11.8 Å². The highest BCUT2D eigenvalue weighted by Crippen LogP contribution is 2.36. The highest BCUT2D eigenvalue weighted by atomic mass is 16.5. The van der Waals surface area contributed by atoms with Crippen LogP contribution in [0.4, 0.5) is 11.4 Å². The topological polar surface area (TPSA) is 58.6 Å². The number of hydrogen-bond donors (Lipinski definition) is 1. The van der Waals surface area contributed by atoms with Gasteiger partial charge in [-0.15, -0.1) is 0 Å². The van der Waals surface area contributed by atoms with E-state index in [1.165, 1.54) is 4.90 Å². The molecule has 0 saturated heterocycles. The van der Waals surface area contributed by atoms with Crippen molar-refractivity contribution in [2.24, 2.45) is 0 Å². The minimum Gasteiger partial charge on any atom is -0.492 e. The van der Waals surface area contributed by atoms with Gasteiger partial charge in [0.05, 0.1) is 23.6 Å². The molecule has 31 heavy (non-hydrogen) atoms. The lowest BCUT2D eigenvalue weighted by molar-refractivity contribution is -0.120. The molecule has 156 valence electrons. The first-order valence-electron chi connectivity index (χ1n) is 10.3. The Hall–Kier alpha value is -3.86. The Morgan fingerprint density at radius 1 is 0.871 bits per heavy atom. The monoisotopic (exact) mass is 412 g/mol. The van der Waals surface area contributed by atoms with Crippen molar-refractivity contribution >= 4 is 28.8 Å². The van der Waals surface area contributed by atoms with Crippen LogP contribution < -0.4 is 15.0 Å². The molecule has 2 amide bonds. The van der Waals surface area contributed by atoms with Gasteiger partial charge in [0.2, 0.25) is 0 Å². The first kappa shape index (κ1) is 20.4. The van der Waals surface area contributed by atoms with E-state index in [1.807, 2.05) is 81.4 Å². The average molecular weight is 412 g/mol. The molecule has 0 atom stereocenters. The Morgan fingerprint density at radius 3 is 2.29 bits per heavy atom. The van der Waals surface area contributed by atoms with Crippen molar-refractivity contribution in [1.29, 1.82) is 0 Å². The van der Waals surface area contributed by atoms with E-state index in [4.69, 9.17) is 4.74 Å². The molecule has 3 aromatic carbocycles. The quantitative estimate of drug-likeness (QED) is 0.573. The molecule has 0 radical (unpaired) electrons. The number of nitrogens with zero attached hydrogens (tertiary/aromatic N) is 1. The molecule has 3 aromatic rings. The number of ether oxygens (including phenoxy) is 1. The van der Waals surface area contributed by atoms with Crippen molar-refractivity contribution in [3.63, 3.8) is 0 Å². The number of carbonyl (C=O) groups is 2. The summed E-state index contributed by atoms with van der Waals surface area (Å²) in [6.07, 6.45) is 0. The summed E-state index contributed by atoms with van der Waals surface area (Å²) in [5.74, 6) is -0.118. The number of aryl methyl sites for hydroxylation is 2. The van der Waals surface area contributed by atoms with Crippen LogP contribution in [0.2, 0.25) is 0 Å². The highest BCUT2D eigenvalue weighted by molar-refractivity contribution is 6.46. The molecule has 0 spiro atoms. The maximum Gasteiger partial charge on any atom is 0.282 e. The van der Waals surface area contributed by atoms with E-state index in [0.29, 0.717) is 29.3 Å². The molecule has 1 aliphatic rings. The SMILES string of the molecule is CCOc1ccccc1NC1=C(c2ccc(C)cc2C)C(=O)N(c2ccccc2)C1=O. The van der Waals surface area contributed by atoms with Gasteiger partial charge in [-0.05, 0) is 56.2 Å². The van der Waals surface area contributed by atoms with Crippen molar-refractivity contribution in [2.45, 2.75) is 20.8 Å². The van der Waals surface area contributed by atoms with Crippen LogP contribution in [0.1, 0.15) is 23.6 Å². The number of hydrogen-bond acceptors (Lipinski definition) is 4. The Kier molecular flexibility index (Phi) is 5.58. The second-order valence-electron chi connectivity index (χ2n) is 7.40. The van der Waals surface area contributed by atoms with E-state index in [2.05, 4.69) is 5.32 Å². The zero-order valence-electron chi connectivity index (χ0n) is 17.8. The summed E-state index contributed by atoms with van der Waals surface area (Å²) in [7, 11) is 0. The van der Waals surface area contributed by atoms with Crippen LogP contribution in [-0.2, 0) is 9.59 Å². The summed E-state index contributed by atoms with van der Waals surface area (Å²) in [6, 6.07) is 22.2. The molecule has 1 N–H and O–H groups in total. The van der Waals surface area contributed by atoms with E-state index in [9.17, 15) is 9.59 Å². The molecule has 0 fully saturated rings. The lowest BCUT2D eigenvalue weighted by Gasteiger charge is -2.16. The summed E-state index contributed by atoms with van der Waals surface area (Å²) in [6.45, 7) is 6.34. The predicted molar refractivity (Wildman–Crippen MR) is 123 cm³/mol. The van der Waals surface area contributed by atoms with Crippen LogP contribution in [0.15, 0.2) is 78.5 Å².